The number of halogens is 1. The van der Waals surface area contributed by atoms with Gasteiger partial charge < -0.3 is 29.8 Å². The van der Waals surface area contributed by atoms with Gasteiger partial charge in [-0.05, 0) is 32.3 Å². The van der Waals surface area contributed by atoms with E-state index in [1.54, 1.807) is 14.2 Å². The summed E-state index contributed by atoms with van der Waals surface area (Å²) in [6.07, 6.45) is 3.41. The Bertz CT molecular complexity index is 943. The molecule has 2 fully saturated rings. The highest BCUT2D eigenvalue weighted by Gasteiger charge is 2.59. The van der Waals surface area contributed by atoms with Crippen LogP contribution in [0.1, 0.15) is 39.3 Å². The number of hydrogen-bond acceptors (Lipinski definition) is 4. The summed E-state index contributed by atoms with van der Waals surface area (Å²) in [5.74, 6) is 3.12. The molecule has 7 nitrogen and oxygen atoms in total. The predicted molar refractivity (Wildman–Crippen MR) is 140 cm³/mol. The van der Waals surface area contributed by atoms with Crippen molar-refractivity contribution in [2.24, 2.45) is 16.3 Å². The van der Waals surface area contributed by atoms with E-state index in [1.807, 2.05) is 12.1 Å². The van der Waals surface area contributed by atoms with Gasteiger partial charge in [0.1, 0.15) is 11.5 Å². The van der Waals surface area contributed by atoms with Crippen LogP contribution in [0.2, 0.25) is 0 Å². The molecule has 0 radical (unpaired) electrons. The van der Waals surface area contributed by atoms with Crippen LogP contribution in [-0.4, -0.2) is 57.0 Å². The molecule has 0 bridgehead atoms. The molecule has 1 saturated carbocycles. The SMILES string of the molecule is CCNC(=NCCCc1cc2c(OC)cc(OC)cc2[nH]1)NC1C2CCOC2C1(C)C.I. The van der Waals surface area contributed by atoms with E-state index in [-0.39, 0.29) is 29.4 Å². The zero-order valence-electron chi connectivity index (χ0n) is 19.8. The van der Waals surface area contributed by atoms with E-state index in [0.29, 0.717) is 18.1 Å². The number of methoxy groups -OCH3 is 2. The third kappa shape index (κ3) is 4.81. The number of hydrogen-bond donors (Lipinski definition) is 3. The molecule has 0 spiro atoms. The summed E-state index contributed by atoms with van der Waals surface area (Å²) in [6, 6.07) is 6.50. The van der Waals surface area contributed by atoms with Gasteiger partial charge in [0.25, 0.3) is 0 Å². The van der Waals surface area contributed by atoms with E-state index in [2.05, 4.69) is 42.5 Å². The molecular weight excluding hydrogens is 519 g/mol. The van der Waals surface area contributed by atoms with Crippen LogP contribution >= 0.6 is 24.0 Å². The zero-order chi connectivity index (χ0) is 22.0. The number of aliphatic imine (C=N–C) groups is 1. The molecule has 2 aliphatic rings. The Kier molecular flexibility index (Phi) is 8.19. The number of nitrogens with one attached hydrogen (secondary N) is 3. The number of aromatic nitrogens is 1. The third-order valence-electron chi connectivity index (χ3n) is 6.80. The summed E-state index contributed by atoms with van der Waals surface area (Å²) in [4.78, 5) is 8.33. The van der Waals surface area contributed by atoms with Crippen LogP contribution in [0.4, 0.5) is 0 Å². The Morgan fingerprint density at radius 1 is 1.25 bits per heavy atom. The second-order valence-electron chi connectivity index (χ2n) is 9.14. The number of rotatable bonds is 8. The van der Waals surface area contributed by atoms with Crippen molar-refractivity contribution >= 4 is 40.8 Å². The number of aryl methyl sites for hydroxylation is 1. The van der Waals surface area contributed by atoms with E-state index >= 15 is 0 Å². The molecule has 3 N–H and O–H groups in total. The summed E-state index contributed by atoms with van der Waals surface area (Å²) in [5, 5.41) is 8.17. The van der Waals surface area contributed by atoms with Crippen molar-refractivity contribution < 1.29 is 14.2 Å². The van der Waals surface area contributed by atoms with Gasteiger partial charge in [0, 0.05) is 60.3 Å². The van der Waals surface area contributed by atoms with Crippen LogP contribution in [0, 0.1) is 11.3 Å². The molecule has 32 heavy (non-hydrogen) atoms. The average Bonchev–Trinajstić information content (AvgIpc) is 3.39. The highest BCUT2D eigenvalue weighted by atomic mass is 127. The van der Waals surface area contributed by atoms with Gasteiger partial charge in [-0.3, -0.25) is 4.99 Å². The minimum atomic E-state index is 0. The Balaban J connectivity index is 0.00000289. The maximum atomic E-state index is 5.92. The van der Waals surface area contributed by atoms with Gasteiger partial charge in [-0.1, -0.05) is 13.8 Å². The number of nitrogens with zero attached hydrogens (tertiary/aromatic N) is 1. The minimum absolute atomic E-state index is 0. The molecule has 1 aromatic heterocycles. The molecule has 8 heteroatoms. The van der Waals surface area contributed by atoms with Crippen molar-refractivity contribution in [3.8, 4) is 11.5 Å². The monoisotopic (exact) mass is 556 g/mol. The van der Waals surface area contributed by atoms with Crippen LogP contribution in [0.5, 0.6) is 11.5 Å². The second kappa shape index (κ2) is 10.5. The number of guanidine groups is 1. The normalized spacial score (nSPS) is 23.8. The molecule has 1 saturated heterocycles. The van der Waals surface area contributed by atoms with Crippen molar-refractivity contribution in [2.75, 3.05) is 33.9 Å². The number of fused-ring (bicyclic) bond motifs is 2. The average molecular weight is 556 g/mol. The molecule has 1 aliphatic carbocycles. The van der Waals surface area contributed by atoms with E-state index in [4.69, 9.17) is 19.2 Å². The fourth-order valence-corrected chi connectivity index (χ4v) is 5.20. The molecule has 2 heterocycles. The van der Waals surface area contributed by atoms with Gasteiger partial charge in [-0.15, -0.1) is 24.0 Å². The minimum Gasteiger partial charge on any atom is -0.497 e. The predicted octanol–water partition coefficient (Wildman–Crippen LogP) is 4.10. The summed E-state index contributed by atoms with van der Waals surface area (Å²) >= 11 is 0. The fraction of sp³-hybridized carbons (Fsp3) is 0.625. The Labute approximate surface area is 208 Å². The van der Waals surface area contributed by atoms with Gasteiger partial charge in [0.05, 0.1) is 25.8 Å². The molecule has 4 rings (SSSR count). The van der Waals surface area contributed by atoms with Gasteiger partial charge in [0.2, 0.25) is 0 Å². The van der Waals surface area contributed by atoms with Gasteiger partial charge >= 0.3 is 0 Å². The van der Waals surface area contributed by atoms with Crippen molar-refractivity contribution in [3.63, 3.8) is 0 Å². The molecule has 3 atom stereocenters. The third-order valence-corrected chi connectivity index (χ3v) is 6.80. The topological polar surface area (TPSA) is 79.9 Å². The van der Waals surface area contributed by atoms with Crippen LogP contribution < -0.4 is 20.1 Å². The lowest BCUT2D eigenvalue weighted by molar-refractivity contribution is -0.106. The van der Waals surface area contributed by atoms with Gasteiger partial charge in [-0.25, -0.2) is 0 Å². The number of aromatic amines is 1. The second-order valence-corrected chi connectivity index (χ2v) is 9.14. The van der Waals surface area contributed by atoms with Crippen LogP contribution in [-0.2, 0) is 11.2 Å². The first kappa shape index (κ1) is 25.0. The van der Waals surface area contributed by atoms with Gasteiger partial charge in [0.15, 0.2) is 5.96 Å². The molecule has 0 amide bonds. The summed E-state index contributed by atoms with van der Waals surface area (Å²) < 4.78 is 16.8. The standard InChI is InChI=1S/C24H36N4O3.HI/c1-6-25-23(28-21-17-9-11-31-22(17)24(21,2)3)26-10-7-8-15-12-18-19(27-15)13-16(29-4)14-20(18)30-5;/h12-14,17,21-22,27H,6-11H2,1-5H3,(H2,25,26,28);1H. The lowest BCUT2D eigenvalue weighted by Crippen LogP contribution is -2.67. The van der Waals surface area contributed by atoms with Crippen LogP contribution in [0.15, 0.2) is 23.2 Å². The largest absolute Gasteiger partial charge is 0.497 e. The highest BCUT2D eigenvalue weighted by Crippen LogP contribution is 2.52. The fourth-order valence-electron chi connectivity index (χ4n) is 5.20. The van der Waals surface area contributed by atoms with Crippen molar-refractivity contribution in [1.29, 1.82) is 0 Å². The van der Waals surface area contributed by atoms with Crippen LogP contribution in [0.3, 0.4) is 0 Å². The van der Waals surface area contributed by atoms with E-state index in [0.717, 1.165) is 67.3 Å². The number of benzene rings is 1. The molecule has 1 aliphatic heterocycles. The van der Waals surface area contributed by atoms with E-state index < -0.39 is 0 Å². The molecule has 178 valence electrons. The maximum Gasteiger partial charge on any atom is 0.191 e. The Morgan fingerprint density at radius 3 is 2.78 bits per heavy atom. The van der Waals surface area contributed by atoms with Gasteiger partial charge in [-0.2, -0.15) is 0 Å². The summed E-state index contributed by atoms with van der Waals surface area (Å²) in [5.41, 5.74) is 2.35. The zero-order valence-corrected chi connectivity index (χ0v) is 22.1. The molecule has 3 unspecified atom stereocenters. The quantitative estimate of drug-likeness (QED) is 0.198. The molecule has 2 aromatic rings. The van der Waals surface area contributed by atoms with Crippen LogP contribution in [0.25, 0.3) is 10.9 Å². The summed E-state index contributed by atoms with van der Waals surface area (Å²) in [7, 11) is 3.36. The molecular formula is C24H37IN4O3. The number of H-pyrrole nitrogens is 1. The van der Waals surface area contributed by atoms with Crippen molar-refractivity contribution in [3.05, 3.63) is 23.9 Å². The number of ether oxygens (including phenoxy) is 3. The lowest BCUT2D eigenvalue weighted by Gasteiger charge is -2.54. The lowest BCUT2D eigenvalue weighted by atomic mass is 9.57. The summed E-state index contributed by atoms with van der Waals surface area (Å²) in [6.45, 7) is 9.19. The first-order valence-corrected chi connectivity index (χ1v) is 11.4. The highest BCUT2D eigenvalue weighted by molar-refractivity contribution is 14.0. The van der Waals surface area contributed by atoms with E-state index in [1.165, 1.54) is 5.69 Å². The Morgan fingerprint density at radius 2 is 2.06 bits per heavy atom. The first-order valence-electron chi connectivity index (χ1n) is 11.4. The molecule has 1 aromatic carbocycles. The Hall–Kier alpha value is -1.68. The van der Waals surface area contributed by atoms with Crippen molar-refractivity contribution in [2.45, 2.75) is 52.2 Å². The van der Waals surface area contributed by atoms with Crippen molar-refractivity contribution in [1.82, 2.24) is 15.6 Å². The smallest absolute Gasteiger partial charge is 0.191 e. The first-order chi connectivity index (χ1) is 15.0. The van der Waals surface area contributed by atoms with E-state index in [9.17, 15) is 0 Å². The maximum absolute atomic E-state index is 5.92.